The molecule has 112 valence electrons. The molecule has 0 aromatic carbocycles. The normalized spacial score (nSPS) is 23.5. The molecule has 1 amide bonds. The van der Waals surface area contributed by atoms with Gasteiger partial charge >= 0.3 is 0 Å². The van der Waals surface area contributed by atoms with E-state index in [1.807, 2.05) is 6.92 Å². The van der Waals surface area contributed by atoms with E-state index in [-0.39, 0.29) is 22.0 Å². The van der Waals surface area contributed by atoms with Crippen LogP contribution in [-0.2, 0) is 26.1 Å². The van der Waals surface area contributed by atoms with Gasteiger partial charge in [0.2, 0.25) is 15.9 Å². The second-order valence-electron chi connectivity index (χ2n) is 4.93. The Bertz CT molecular complexity index is 582. The van der Waals surface area contributed by atoms with E-state index in [0.29, 0.717) is 19.8 Å². The quantitative estimate of drug-likeness (QED) is 0.853. The van der Waals surface area contributed by atoms with E-state index in [2.05, 4.69) is 5.32 Å². The lowest BCUT2D eigenvalue weighted by molar-refractivity contribution is -0.130. The van der Waals surface area contributed by atoms with Gasteiger partial charge in [-0.3, -0.25) is 4.79 Å². The van der Waals surface area contributed by atoms with E-state index >= 15 is 0 Å². The maximum Gasteiger partial charge on any atom is 0.247 e. The van der Waals surface area contributed by atoms with E-state index in [4.69, 9.17) is 9.88 Å². The summed E-state index contributed by atoms with van der Waals surface area (Å²) in [5.41, 5.74) is 0. The zero-order valence-corrected chi connectivity index (χ0v) is 12.8. The average Bonchev–Trinajstić information content (AvgIpc) is 2.85. The molecule has 2 unspecified atom stereocenters. The highest BCUT2D eigenvalue weighted by Gasteiger charge is 2.28. The van der Waals surface area contributed by atoms with Gasteiger partial charge in [0.15, 0.2) is 0 Å². The molecule has 1 saturated heterocycles. The van der Waals surface area contributed by atoms with E-state index in [1.165, 1.54) is 6.07 Å². The van der Waals surface area contributed by atoms with Crippen molar-refractivity contribution in [3.63, 3.8) is 0 Å². The zero-order valence-electron chi connectivity index (χ0n) is 11.2. The zero-order chi connectivity index (χ0) is 14.8. The third-order valence-corrected chi connectivity index (χ3v) is 5.86. The Balaban J connectivity index is 1.91. The Morgan fingerprint density at radius 3 is 2.90 bits per heavy atom. The molecule has 2 heterocycles. The van der Waals surface area contributed by atoms with Crippen LogP contribution in [0.3, 0.4) is 0 Å². The molecule has 8 heteroatoms. The van der Waals surface area contributed by atoms with Crippen LogP contribution >= 0.6 is 11.3 Å². The van der Waals surface area contributed by atoms with E-state index in [9.17, 15) is 13.2 Å². The SMILES string of the molecule is CC1COCCC1C(=O)NCc1ccc(S(N)(=O)=O)s1. The molecule has 6 nitrogen and oxygen atoms in total. The number of nitrogens with two attached hydrogens (primary N) is 1. The van der Waals surface area contributed by atoms with Gasteiger partial charge in [-0.2, -0.15) is 0 Å². The first-order valence-electron chi connectivity index (χ1n) is 6.35. The van der Waals surface area contributed by atoms with Crippen LogP contribution in [-0.4, -0.2) is 27.5 Å². The van der Waals surface area contributed by atoms with Gasteiger partial charge in [0.05, 0.1) is 6.54 Å². The molecule has 2 rings (SSSR count). The summed E-state index contributed by atoms with van der Waals surface area (Å²) in [5, 5.41) is 7.89. The Labute approximate surface area is 122 Å². The predicted molar refractivity (Wildman–Crippen MR) is 75.6 cm³/mol. The van der Waals surface area contributed by atoms with Crippen LogP contribution in [0.2, 0.25) is 0 Å². The van der Waals surface area contributed by atoms with Crippen LogP contribution in [0.15, 0.2) is 16.3 Å². The molecule has 1 aliphatic heterocycles. The molecule has 1 aromatic rings. The van der Waals surface area contributed by atoms with Crippen molar-refractivity contribution in [3.8, 4) is 0 Å². The van der Waals surface area contributed by atoms with Crippen molar-refractivity contribution in [3.05, 3.63) is 17.0 Å². The van der Waals surface area contributed by atoms with Crippen molar-refractivity contribution < 1.29 is 17.9 Å². The molecular formula is C12H18N2O4S2. The highest BCUT2D eigenvalue weighted by Crippen LogP contribution is 2.23. The van der Waals surface area contributed by atoms with Crippen molar-refractivity contribution in [1.82, 2.24) is 5.32 Å². The summed E-state index contributed by atoms with van der Waals surface area (Å²) in [5.74, 6) is 0.153. The minimum Gasteiger partial charge on any atom is -0.381 e. The molecule has 3 N–H and O–H groups in total. The molecule has 0 radical (unpaired) electrons. The Hall–Kier alpha value is -0.960. The third-order valence-electron chi connectivity index (χ3n) is 3.33. The lowest BCUT2D eigenvalue weighted by Gasteiger charge is -2.27. The minimum absolute atomic E-state index is 0.00800. The van der Waals surface area contributed by atoms with Gasteiger partial charge in [-0.25, -0.2) is 13.6 Å². The number of sulfonamides is 1. The van der Waals surface area contributed by atoms with Gasteiger partial charge in [0.1, 0.15) is 4.21 Å². The standard InChI is InChI=1S/C12H18N2O4S2/c1-8-7-18-5-4-10(8)12(15)14-6-9-2-3-11(19-9)20(13,16)17/h2-3,8,10H,4-7H2,1H3,(H,14,15)(H2,13,16,17). The number of nitrogens with one attached hydrogen (secondary N) is 1. The summed E-state index contributed by atoms with van der Waals surface area (Å²) in [6, 6.07) is 3.12. The van der Waals surface area contributed by atoms with Crippen LogP contribution in [0.1, 0.15) is 18.2 Å². The number of carbonyl (C=O) groups excluding carboxylic acids is 1. The van der Waals surface area contributed by atoms with Crippen LogP contribution in [0.5, 0.6) is 0 Å². The van der Waals surface area contributed by atoms with Gasteiger partial charge in [-0.1, -0.05) is 6.92 Å². The van der Waals surface area contributed by atoms with Crippen molar-refractivity contribution in [2.24, 2.45) is 17.0 Å². The first-order chi connectivity index (χ1) is 9.38. The maximum atomic E-state index is 12.1. The van der Waals surface area contributed by atoms with Gasteiger partial charge in [0, 0.05) is 24.0 Å². The van der Waals surface area contributed by atoms with Crippen LogP contribution < -0.4 is 10.5 Å². The summed E-state index contributed by atoms with van der Waals surface area (Å²) in [4.78, 5) is 12.8. The average molecular weight is 318 g/mol. The number of primary sulfonamides is 1. The summed E-state index contributed by atoms with van der Waals surface area (Å²) in [7, 11) is -3.66. The Morgan fingerprint density at radius 2 is 2.30 bits per heavy atom. The number of rotatable bonds is 4. The van der Waals surface area contributed by atoms with E-state index in [1.54, 1.807) is 6.07 Å². The fourth-order valence-corrected chi connectivity index (χ4v) is 3.90. The molecule has 20 heavy (non-hydrogen) atoms. The Kier molecular flexibility index (Phi) is 4.79. The number of carbonyl (C=O) groups is 1. The van der Waals surface area contributed by atoms with Crippen LogP contribution in [0.25, 0.3) is 0 Å². The van der Waals surface area contributed by atoms with E-state index in [0.717, 1.165) is 22.6 Å². The van der Waals surface area contributed by atoms with Gasteiger partial charge in [-0.15, -0.1) is 11.3 Å². The van der Waals surface area contributed by atoms with Crippen molar-refractivity contribution >= 4 is 27.3 Å². The lowest BCUT2D eigenvalue weighted by atomic mass is 9.89. The van der Waals surface area contributed by atoms with Crippen LogP contribution in [0.4, 0.5) is 0 Å². The second kappa shape index (κ2) is 6.21. The first kappa shape index (κ1) is 15.4. The van der Waals surface area contributed by atoms with Crippen molar-refractivity contribution in [2.75, 3.05) is 13.2 Å². The molecule has 0 saturated carbocycles. The summed E-state index contributed by atoms with van der Waals surface area (Å²) < 4.78 is 27.7. The topological polar surface area (TPSA) is 98.5 Å². The van der Waals surface area contributed by atoms with Gasteiger partial charge in [-0.05, 0) is 24.5 Å². The number of ether oxygens (including phenoxy) is 1. The number of amides is 1. The molecule has 1 aliphatic rings. The maximum absolute atomic E-state index is 12.1. The predicted octanol–water partition coefficient (Wildman–Crippen LogP) is 0.684. The molecule has 0 aliphatic carbocycles. The smallest absolute Gasteiger partial charge is 0.247 e. The molecule has 1 fully saturated rings. The van der Waals surface area contributed by atoms with Crippen molar-refractivity contribution in [1.29, 1.82) is 0 Å². The Morgan fingerprint density at radius 1 is 1.55 bits per heavy atom. The number of hydrogen-bond donors (Lipinski definition) is 2. The third kappa shape index (κ3) is 3.78. The fraction of sp³-hybridized carbons (Fsp3) is 0.583. The largest absolute Gasteiger partial charge is 0.381 e. The van der Waals surface area contributed by atoms with E-state index < -0.39 is 10.0 Å². The first-order valence-corrected chi connectivity index (χ1v) is 8.71. The van der Waals surface area contributed by atoms with Gasteiger partial charge < -0.3 is 10.1 Å². The lowest BCUT2D eigenvalue weighted by Crippen LogP contribution is -2.38. The fourth-order valence-electron chi connectivity index (χ4n) is 2.18. The molecule has 0 spiro atoms. The number of thiophene rings is 1. The molecule has 2 atom stereocenters. The summed E-state index contributed by atoms with van der Waals surface area (Å²) in [6.07, 6.45) is 0.722. The highest BCUT2D eigenvalue weighted by atomic mass is 32.2. The minimum atomic E-state index is -3.66. The van der Waals surface area contributed by atoms with Crippen LogP contribution in [0, 0.1) is 11.8 Å². The van der Waals surface area contributed by atoms with Crippen molar-refractivity contribution in [2.45, 2.75) is 24.1 Å². The molecule has 0 bridgehead atoms. The monoisotopic (exact) mass is 318 g/mol. The summed E-state index contributed by atoms with van der Waals surface area (Å²) >= 11 is 1.08. The molecule has 1 aromatic heterocycles. The molecular weight excluding hydrogens is 300 g/mol. The number of hydrogen-bond acceptors (Lipinski definition) is 5. The highest BCUT2D eigenvalue weighted by molar-refractivity contribution is 7.91. The summed E-state index contributed by atoms with van der Waals surface area (Å²) in [6.45, 7) is 3.53. The van der Waals surface area contributed by atoms with Gasteiger partial charge in [0.25, 0.3) is 0 Å². The second-order valence-corrected chi connectivity index (χ2v) is 7.89.